The molecule has 1 atom stereocenters. The molecule has 1 unspecified atom stereocenters. The minimum Gasteiger partial charge on any atom is -0.365 e. The number of aryl methyl sites for hydroxylation is 1. The maximum atomic E-state index is 12.8. The lowest BCUT2D eigenvalue weighted by atomic mass is 9.88. The smallest absolute Gasteiger partial charge is 0.254 e. The maximum Gasteiger partial charge on any atom is 0.254 e. The van der Waals surface area contributed by atoms with Crippen LogP contribution in [0.15, 0.2) is 30.5 Å². The molecule has 2 fully saturated rings. The van der Waals surface area contributed by atoms with Crippen molar-refractivity contribution in [2.45, 2.75) is 51.0 Å². The zero-order valence-electron chi connectivity index (χ0n) is 15.6. The molecule has 0 saturated carbocycles. The zero-order valence-corrected chi connectivity index (χ0v) is 15.6. The van der Waals surface area contributed by atoms with Gasteiger partial charge in [0.15, 0.2) is 0 Å². The van der Waals surface area contributed by atoms with Crippen molar-refractivity contribution in [2.24, 2.45) is 0 Å². The number of hydrogen-bond acceptors (Lipinski definition) is 3. The summed E-state index contributed by atoms with van der Waals surface area (Å²) in [6.45, 7) is 6.35. The molecule has 3 heterocycles. The number of nitrogens with one attached hydrogen (secondary N) is 1. The van der Waals surface area contributed by atoms with Gasteiger partial charge >= 0.3 is 0 Å². The highest BCUT2D eigenvalue weighted by atomic mass is 16.5. The van der Waals surface area contributed by atoms with Gasteiger partial charge < -0.3 is 9.64 Å². The third-order valence-corrected chi connectivity index (χ3v) is 5.97. The van der Waals surface area contributed by atoms with E-state index in [9.17, 15) is 4.79 Å². The van der Waals surface area contributed by atoms with Crippen molar-refractivity contribution in [3.05, 3.63) is 41.7 Å². The topological polar surface area (TPSA) is 58.2 Å². The lowest BCUT2D eigenvalue weighted by molar-refractivity contribution is -0.152. The molecule has 4 rings (SSSR count). The number of H-pyrrole nitrogens is 1. The van der Waals surface area contributed by atoms with Gasteiger partial charge in [0, 0.05) is 36.9 Å². The van der Waals surface area contributed by atoms with Gasteiger partial charge in [-0.3, -0.25) is 9.89 Å². The van der Waals surface area contributed by atoms with E-state index in [0.717, 1.165) is 38.8 Å². The molecule has 2 aromatic rings. The first-order valence-electron chi connectivity index (χ1n) is 9.61. The van der Waals surface area contributed by atoms with Gasteiger partial charge in [0.25, 0.3) is 5.91 Å². The molecule has 2 saturated heterocycles. The number of aromatic amines is 1. The summed E-state index contributed by atoms with van der Waals surface area (Å²) in [6.07, 6.45) is 5.67. The number of benzene rings is 1. The molecule has 1 aromatic carbocycles. The van der Waals surface area contributed by atoms with Gasteiger partial charge in [0.2, 0.25) is 0 Å². The highest BCUT2D eigenvalue weighted by Gasteiger charge is 2.41. The highest BCUT2D eigenvalue weighted by Crippen LogP contribution is 2.36. The molecule has 2 aliphatic heterocycles. The largest absolute Gasteiger partial charge is 0.365 e. The molecule has 1 aromatic heterocycles. The Morgan fingerprint density at radius 1 is 1.27 bits per heavy atom. The molecule has 0 aliphatic carbocycles. The van der Waals surface area contributed by atoms with Gasteiger partial charge in [-0.25, -0.2) is 0 Å². The molecule has 2 aliphatic rings. The predicted octanol–water partition coefficient (Wildman–Crippen LogP) is 3.66. The van der Waals surface area contributed by atoms with Gasteiger partial charge in [-0.2, -0.15) is 5.10 Å². The normalized spacial score (nSPS) is 24.2. The van der Waals surface area contributed by atoms with Crippen molar-refractivity contribution in [3.8, 4) is 11.1 Å². The van der Waals surface area contributed by atoms with Crippen molar-refractivity contribution in [3.63, 3.8) is 0 Å². The van der Waals surface area contributed by atoms with Gasteiger partial charge in [-0.05, 0) is 50.7 Å². The summed E-state index contributed by atoms with van der Waals surface area (Å²) in [4.78, 5) is 14.8. The number of likely N-dealkylation sites (tertiary alicyclic amines) is 1. The Kier molecular flexibility index (Phi) is 4.57. The van der Waals surface area contributed by atoms with Crippen LogP contribution in [-0.4, -0.2) is 46.3 Å². The second-order valence-corrected chi connectivity index (χ2v) is 7.76. The van der Waals surface area contributed by atoms with Gasteiger partial charge in [0.1, 0.15) is 5.60 Å². The standard InChI is InChI=1S/C21H27N3O2/c1-15-6-3-4-7-17(15)18-14-22-23-19(18)16-8-11-24(12-9-16)20(25)21(2)10-5-13-26-21/h3-4,6-7,14,16H,5,8-13H2,1-2H3,(H,22,23). The van der Waals surface area contributed by atoms with Crippen LogP contribution in [0.2, 0.25) is 0 Å². The van der Waals surface area contributed by atoms with Crippen molar-refractivity contribution < 1.29 is 9.53 Å². The van der Waals surface area contributed by atoms with E-state index in [4.69, 9.17) is 4.74 Å². The van der Waals surface area contributed by atoms with Gasteiger partial charge in [0.05, 0.1) is 6.20 Å². The fourth-order valence-electron chi connectivity index (χ4n) is 4.35. The van der Waals surface area contributed by atoms with Crippen LogP contribution in [0.4, 0.5) is 0 Å². The number of amides is 1. The highest BCUT2D eigenvalue weighted by molar-refractivity contribution is 5.85. The van der Waals surface area contributed by atoms with E-state index in [2.05, 4.69) is 41.4 Å². The number of hydrogen-bond donors (Lipinski definition) is 1. The molecule has 0 bridgehead atoms. The quantitative estimate of drug-likeness (QED) is 0.916. The minimum atomic E-state index is -0.604. The average molecular weight is 353 g/mol. The molecule has 0 radical (unpaired) electrons. The fourth-order valence-corrected chi connectivity index (χ4v) is 4.35. The molecule has 5 nitrogen and oxygen atoms in total. The summed E-state index contributed by atoms with van der Waals surface area (Å²) in [5.74, 6) is 0.575. The van der Waals surface area contributed by atoms with E-state index in [0.29, 0.717) is 12.5 Å². The third kappa shape index (κ3) is 3.05. The summed E-state index contributed by atoms with van der Waals surface area (Å²) in [5, 5.41) is 7.55. The monoisotopic (exact) mass is 353 g/mol. The van der Waals surface area contributed by atoms with Crippen LogP contribution in [0.3, 0.4) is 0 Å². The zero-order chi connectivity index (χ0) is 18.1. The molecule has 1 N–H and O–H groups in total. The second-order valence-electron chi connectivity index (χ2n) is 7.76. The minimum absolute atomic E-state index is 0.164. The number of rotatable bonds is 3. The first-order chi connectivity index (χ1) is 12.6. The maximum absolute atomic E-state index is 12.8. The number of carbonyl (C=O) groups is 1. The van der Waals surface area contributed by atoms with E-state index in [1.54, 1.807) is 0 Å². The summed E-state index contributed by atoms with van der Waals surface area (Å²) in [5.41, 5.74) is 4.29. The molecule has 1 amide bonds. The van der Waals surface area contributed by atoms with Crippen LogP contribution >= 0.6 is 0 Å². The first-order valence-corrected chi connectivity index (χ1v) is 9.61. The summed E-state index contributed by atoms with van der Waals surface area (Å²) in [6, 6.07) is 8.42. The third-order valence-electron chi connectivity index (χ3n) is 5.97. The Balaban J connectivity index is 1.47. The summed E-state index contributed by atoms with van der Waals surface area (Å²) < 4.78 is 5.74. The molecule has 138 valence electrons. The Hall–Kier alpha value is -2.14. The SMILES string of the molecule is Cc1ccccc1-c1cn[nH]c1C1CCN(C(=O)C2(C)CCCO2)CC1. The number of ether oxygens (including phenoxy) is 1. The van der Waals surface area contributed by atoms with E-state index in [1.165, 1.54) is 22.4 Å². The van der Waals surface area contributed by atoms with E-state index < -0.39 is 5.60 Å². The second kappa shape index (κ2) is 6.88. The van der Waals surface area contributed by atoms with Crippen molar-refractivity contribution in [1.82, 2.24) is 15.1 Å². The van der Waals surface area contributed by atoms with Crippen LogP contribution in [0.1, 0.15) is 49.8 Å². The van der Waals surface area contributed by atoms with Crippen LogP contribution in [0.25, 0.3) is 11.1 Å². The fraction of sp³-hybridized carbons (Fsp3) is 0.524. The van der Waals surface area contributed by atoms with Crippen molar-refractivity contribution >= 4 is 5.91 Å². The van der Waals surface area contributed by atoms with Gasteiger partial charge in [-0.15, -0.1) is 0 Å². The number of piperidine rings is 1. The van der Waals surface area contributed by atoms with Crippen LogP contribution < -0.4 is 0 Å². The van der Waals surface area contributed by atoms with E-state index in [-0.39, 0.29) is 5.91 Å². The van der Waals surface area contributed by atoms with Crippen molar-refractivity contribution in [2.75, 3.05) is 19.7 Å². The average Bonchev–Trinajstić information content (AvgIpc) is 3.32. The van der Waals surface area contributed by atoms with Crippen LogP contribution in [0, 0.1) is 6.92 Å². The Morgan fingerprint density at radius 2 is 2.04 bits per heavy atom. The molecule has 26 heavy (non-hydrogen) atoms. The molecule has 5 heteroatoms. The van der Waals surface area contributed by atoms with E-state index in [1.807, 2.05) is 18.0 Å². The lowest BCUT2D eigenvalue weighted by Crippen LogP contribution is -2.49. The van der Waals surface area contributed by atoms with Crippen LogP contribution in [0.5, 0.6) is 0 Å². The number of carbonyl (C=O) groups excluding carboxylic acids is 1. The summed E-state index contributed by atoms with van der Waals surface area (Å²) in [7, 11) is 0. The lowest BCUT2D eigenvalue weighted by Gasteiger charge is -2.36. The number of aromatic nitrogens is 2. The van der Waals surface area contributed by atoms with Gasteiger partial charge in [-0.1, -0.05) is 24.3 Å². The predicted molar refractivity (Wildman–Crippen MR) is 101 cm³/mol. The number of nitrogens with zero attached hydrogens (tertiary/aromatic N) is 2. The summed E-state index contributed by atoms with van der Waals surface area (Å²) >= 11 is 0. The van der Waals surface area contributed by atoms with Crippen LogP contribution in [-0.2, 0) is 9.53 Å². The Morgan fingerprint density at radius 3 is 2.73 bits per heavy atom. The molecular weight excluding hydrogens is 326 g/mol. The first kappa shape index (κ1) is 17.3. The molecular formula is C21H27N3O2. The Labute approximate surface area is 154 Å². The van der Waals surface area contributed by atoms with Crippen molar-refractivity contribution in [1.29, 1.82) is 0 Å². The van der Waals surface area contributed by atoms with E-state index >= 15 is 0 Å². The Bertz CT molecular complexity index is 784. The molecule has 0 spiro atoms.